The summed E-state index contributed by atoms with van der Waals surface area (Å²) in [5.41, 5.74) is 1.01. The second-order valence-electron chi connectivity index (χ2n) is 4.62. The van der Waals surface area contributed by atoms with Crippen molar-refractivity contribution in [3.63, 3.8) is 0 Å². The fourth-order valence-corrected chi connectivity index (χ4v) is 2.76. The molecule has 1 aliphatic rings. The van der Waals surface area contributed by atoms with Gasteiger partial charge in [0.15, 0.2) is 0 Å². The fourth-order valence-electron chi connectivity index (χ4n) is 2.55. The molecule has 0 spiro atoms. The maximum Gasteiger partial charge on any atom is 0.117 e. The smallest absolute Gasteiger partial charge is 0.117 e. The van der Waals surface area contributed by atoms with Crippen molar-refractivity contribution < 1.29 is 0 Å². The molecular formula is C13H16ClN3. The third-order valence-corrected chi connectivity index (χ3v) is 3.78. The Bertz CT molecular complexity index is 512. The van der Waals surface area contributed by atoms with E-state index >= 15 is 0 Å². The highest BCUT2D eigenvalue weighted by molar-refractivity contribution is 6.33. The molecule has 1 aliphatic heterocycles. The number of halogens is 1. The highest BCUT2D eigenvalue weighted by Crippen LogP contribution is 2.25. The second-order valence-corrected chi connectivity index (χ2v) is 5.03. The van der Waals surface area contributed by atoms with Crippen LogP contribution in [0.4, 0.5) is 0 Å². The summed E-state index contributed by atoms with van der Waals surface area (Å²) in [6.45, 7) is 2.15. The highest BCUT2D eigenvalue weighted by atomic mass is 35.5. The molecule has 90 valence electrons. The van der Waals surface area contributed by atoms with Crippen LogP contribution in [0.3, 0.4) is 0 Å². The molecule has 4 heteroatoms. The van der Waals surface area contributed by atoms with E-state index in [-0.39, 0.29) is 0 Å². The van der Waals surface area contributed by atoms with Gasteiger partial charge < -0.3 is 9.72 Å². The number of pyridine rings is 1. The Morgan fingerprint density at radius 2 is 2.35 bits per heavy atom. The summed E-state index contributed by atoms with van der Waals surface area (Å²) in [4.78, 5) is 4.56. The van der Waals surface area contributed by atoms with Crippen molar-refractivity contribution in [3.05, 3.63) is 35.4 Å². The minimum Gasteiger partial charge on any atom is -0.316 e. The summed E-state index contributed by atoms with van der Waals surface area (Å²) in [7, 11) is 0. The molecule has 1 saturated heterocycles. The molecule has 0 saturated carbocycles. The van der Waals surface area contributed by atoms with Gasteiger partial charge in [-0.2, -0.15) is 0 Å². The molecular weight excluding hydrogens is 234 g/mol. The van der Waals surface area contributed by atoms with Gasteiger partial charge in [-0.05, 0) is 31.5 Å². The molecule has 1 N–H and O–H groups in total. The van der Waals surface area contributed by atoms with Crippen LogP contribution in [0.25, 0.3) is 5.52 Å². The first-order valence-electron chi connectivity index (χ1n) is 6.18. The zero-order valence-corrected chi connectivity index (χ0v) is 10.5. The number of aromatic nitrogens is 2. The van der Waals surface area contributed by atoms with Crippen LogP contribution in [0.2, 0.25) is 5.02 Å². The molecule has 3 nitrogen and oxygen atoms in total. The predicted octanol–water partition coefficient (Wildman–Crippen LogP) is 2.84. The van der Waals surface area contributed by atoms with Gasteiger partial charge in [-0.3, -0.25) is 0 Å². The lowest BCUT2D eigenvalue weighted by atomic mass is 10.0. The van der Waals surface area contributed by atoms with Crippen molar-refractivity contribution in [1.29, 1.82) is 0 Å². The quantitative estimate of drug-likeness (QED) is 0.842. The van der Waals surface area contributed by atoms with E-state index in [1.807, 2.05) is 18.3 Å². The Balaban J connectivity index is 2.02. The zero-order valence-electron chi connectivity index (χ0n) is 9.69. The predicted molar refractivity (Wildman–Crippen MR) is 69.7 cm³/mol. The molecule has 0 amide bonds. The number of fused-ring (bicyclic) bond motifs is 1. The van der Waals surface area contributed by atoms with E-state index < -0.39 is 0 Å². The van der Waals surface area contributed by atoms with Crippen LogP contribution in [-0.2, 0) is 0 Å². The van der Waals surface area contributed by atoms with Crippen LogP contribution in [0.1, 0.15) is 31.0 Å². The van der Waals surface area contributed by atoms with E-state index in [9.17, 15) is 0 Å². The standard InChI is InChI=1S/C13H16ClN3/c14-11-5-3-7-17-12(11)9-16-13(17)10-4-1-2-6-15-8-10/h3,5,7,9-10,15H,1-2,4,6,8H2. The summed E-state index contributed by atoms with van der Waals surface area (Å²) in [5, 5.41) is 4.25. The van der Waals surface area contributed by atoms with E-state index in [1.165, 1.54) is 19.3 Å². The molecule has 2 aromatic rings. The molecule has 2 aromatic heterocycles. The van der Waals surface area contributed by atoms with Crippen LogP contribution >= 0.6 is 11.6 Å². The normalized spacial score (nSPS) is 21.6. The van der Waals surface area contributed by atoms with Crippen LogP contribution in [0, 0.1) is 0 Å². The summed E-state index contributed by atoms with van der Waals surface area (Å²) in [6, 6.07) is 3.89. The van der Waals surface area contributed by atoms with Gasteiger partial charge in [0.05, 0.1) is 16.7 Å². The molecule has 3 rings (SSSR count). The van der Waals surface area contributed by atoms with E-state index in [0.717, 1.165) is 29.5 Å². The largest absolute Gasteiger partial charge is 0.316 e. The average Bonchev–Trinajstić information content (AvgIpc) is 2.59. The molecule has 17 heavy (non-hydrogen) atoms. The average molecular weight is 250 g/mol. The van der Waals surface area contributed by atoms with Crippen LogP contribution < -0.4 is 5.32 Å². The van der Waals surface area contributed by atoms with Crippen molar-refractivity contribution in [1.82, 2.24) is 14.7 Å². The summed E-state index contributed by atoms with van der Waals surface area (Å²) < 4.78 is 2.12. The Morgan fingerprint density at radius 1 is 1.41 bits per heavy atom. The van der Waals surface area contributed by atoms with Crippen molar-refractivity contribution in [2.75, 3.05) is 13.1 Å². The lowest BCUT2D eigenvalue weighted by molar-refractivity contribution is 0.576. The first kappa shape index (κ1) is 11.1. The van der Waals surface area contributed by atoms with Gasteiger partial charge in [0.1, 0.15) is 5.82 Å². The van der Waals surface area contributed by atoms with Gasteiger partial charge in [0.25, 0.3) is 0 Å². The molecule has 1 fully saturated rings. The van der Waals surface area contributed by atoms with Crippen molar-refractivity contribution in [3.8, 4) is 0 Å². The molecule has 3 heterocycles. The monoisotopic (exact) mass is 249 g/mol. The number of hydrogen-bond acceptors (Lipinski definition) is 2. The SMILES string of the molecule is Clc1cccn2c(C3CCCCNC3)ncc12. The van der Waals surface area contributed by atoms with Gasteiger partial charge in [-0.1, -0.05) is 18.0 Å². The van der Waals surface area contributed by atoms with Crippen LogP contribution in [-0.4, -0.2) is 22.5 Å². The molecule has 1 unspecified atom stereocenters. The summed E-state index contributed by atoms with van der Waals surface area (Å²) in [5.74, 6) is 1.63. The first-order valence-corrected chi connectivity index (χ1v) is 6.56. The molecule has 0 aromatic carbocycles. The zero-order chi connectivity index (χ0) is 11.7. The molecule has 0 bridgehead atoms. The third-order valence-electron chi connectivity index (χ3n) is 3.46. The number of rotatable bonds is 1. The number of imidazole rings is 1. The van der Waals surface area contributed by atoms with E-state index in [4.69, 9.17) is 11.6 Å². The second kappa shape index (κ2) is 4.67. The van der Waals surface area contributed by atoms with Crippen LogP contribution in [0.15, 0.2) is 24.5 Å². The number of hydrogen-bond donors (Lipinski definition) is 1. The Labute approximate surface area is 106 Å². The van der Waals surface area contributed by atoms with E-state index in [2.05, 4.69) is 20.9 Å². The third kappa shape index (κ3) is 2.05. The first-order chi connectivity index (χ1) is 8.36. The number of nitrogens with zero attached hydrogens (tertiary/aromatic N) is 2. The topological polar surface area (TPSA) is 29.3 Å². The minimum absolute atomic E-state index is 0.499. The summed E-state index contributed by atoms with van der Waals surface area (Å²) >= 11 is 6.17. The van der Waals surface area contributed by atoms with Crippen molar-refractivity contribution >= 4 is 17.1 Å². The Morgan fingerprint density at radius 3 is 3.29 bits per heavy atom. The molecule has 1 atom stereocenters. The minimum atomic E-state index is 0.499. The van der Waals surface area contributed by atoms with Gasteiger partial charge in [-0.15, -0.1) is 0 Å². The van der Waals surface area contributed by atoms with Crippen LogP contribution in [0.5, 0.6) is 0 Å². The lowest BCUT2D eigenvalue weighted by Gasteiger charge is -2.13. The lowest BCUT2D eigenvalue weighted by Crippen LogP contribution is -2.20. The van der Waals surface area contributed by atoms with Gasteiger partial charge in [-0.25, -0.2) is 4.98 Å². The Hall–Kier alpha value is -1.06. The Kier molecular flexibility index (Phi) is 3.04. The van der Waals surface area contributed by atoms with Gasteiger partial charge in [0.2, 0.25) is 0 Å². The van der Waals surface area contributed by atoms with E-state index in [0.29, 0.717) is 5.92 Å². The molecule has 0 radical (unpaired) electrons. The number of nitrogens with one attached hydrogen (secondary N) is 1. The maximum atomic E-state index is 6.17. The summed E-state index contributed by atoms with van der Waals surface area (Å²) in [6.07, 6.45) is 7.67. The van der Waals surface area contributed by atoms with Crippen molar-refractivity contribution in [2.24, 2.45) is 0 Å². The van der Waals surface area contributed by atoms with E-state index in [1.54, 1.807) is 0 Å². The molecule has 0 aliphatic carbocycles. The highest BCUT2D eigenvalue weighted by Gasteiger charge is 2.18. The van der Waals surface area contributed by atoms with Crippen molar-refractivity contribution in [2.45, 2.75) is 25.2 Å². The fraction of sp³-hybridized carbons (Fsp3) is 0.462. The van der Waals surface area contributed by atoms with Gasteiger partial charge >= 0.3 is 0 Å². The maximum absolute atomic E-state index is 6.17. The van der Waals surface area contributed by atoms with Gasteiger partial charge in [0, 0.05) is 18.7 Å².